The summed E-state index contributed by atoms with van der Waals surface area (Å²) in [4.78, 5) is 15.1. The van der Waals surface area contributed by atoms with E-state index in [1.54, 1.807) is 0 Å². The van der Waals surface area contributed by atoms with E-state index in [2.05, 4.69) is 44.2 Å². The van der Waals surface area contributed by atoms with Crippen LogP contribution in [0.25, 0.3) is 0 Å². The van der Waals surface area contributed by atoms with Gasteiger partial charge in [0, 0.05) is 36.6 Å². The minimum atomic E-state index is -0.182. The maximum atomic E-state index is 13.2. The van der Waals surface area contributed by atoms with E-state index >= 15 is 0 Å². The van der Waals surface area contributed by atoms with Crippen LogP contribution in [0.4, 0.5) is 10.5 Å². The molecule has 0 aliphatic carbocycles. The summed E-state index contributed by atoms with van der Waals surface area (Å²) in [5, 5.41) is 0. The number of anilines is 1. The van der Waals surface area contributed by atoms with Crippen molar-refractivity contribution < 1.29 is 14.0 Å². The average molecular weight is 408 g/mol. The van der Waals surface area contributed by atoms with Gasteiger partial charge in [-0.2, -0.15) is 0 Å². The molecule has 1 unspecified atom stereocenters. The van der Waals surface area contributed by atoms with E-state index in [0.717, 1.165) is 42.4 Å². The van der Waals surface area contributed by atoms with Gasteiger partial charge in [0.15, 0.2) is 6.10 Å². The van der Waals surface area contributed by atoms with Crippen molar-refractivity contribution in [2.75, 3.05) is 31.1 Å². The van der Waals surface area contributed by atoms with Gasteiger partial charge in [0.1, 0.15) is 12.6 Å². The van der Waals surface area contributed by atoms with E-state index in [0.29, 0.717) is 18.5 Å². The number of nitrogens with zero attached hydrogens (tertiary/aromatic N) is 2. The highest BCUT2D eigenvalue weighted by Gasteiger charge is 2.50. The summed E-state index contributed by atoms with van der Waals surface area (Å²) in [5.41, 5.74) is 2.32. The van der Waals surface area contributed by atoms with Gasteiger partial charge in [-0.25, -0.2) is 4.79 Å². The molecule has 0 spiro atoms. The van der Waals surface area contributed by atoms with Crippen molar-refractivity contribution in [2.24, 2.45) is 5.92 Å². The molecule has 4 heteroatoms. The topological polar surface area (TPSA) is 29.5 Å². The maximum absolute atomic E-state index is 13.2. The molecule has 0 saturated carbocycles. The number of unbranched alkanes of at least 4 members (excludes halogenated alkanes) is 1. The SMILES string of the molecule is CCCCN(C(=O)O[C@H]1C[N+]2(C(C)c3ccccc3)CCC1CC2)c1ccccc1. The molecule has 30 heavy (non-hydrogen) atoms. The number of ether oxygens (including phenoxy) is 1. The van der Waals surface area contributed by atoms with Gasteiger partial charge in [-0.1, -0.05) is 61.9 Å². The molecule has 5 rings (SSSR count). The molecule has 2 aromatic carbocycles. The van der Waals surface area contributed by atoms with Crippen molar-refractivity contribution >= 4 is 11.8 Å². The van der Waals surface area contributed by atoms with Crippen LogP contribution >= 0.6 is 0 Å². The van der Waals surface area contributed by atoms with E-state index in [1.165, 1.54) is 18.7 Å². The van der Waals surface area contributed by atoms with Crippen molar-refractivity contribution in [2.45, 2.75) is 51.7 Å². The first kappa shape index (κ1) is 20.9. The lowest BCUT2D eigenvalue weighted by Gasteiger charge is -2.55. The number of benzene rings is 2. The predicted molar refractivity (Wildman–Crippen MR) is 121 cm³/mol. The average Bonchev–Trinajstić information content (AvgIpc) is 2.81. The number of carbonyl (C=O) groups excluding carboxylic acids is 1. The monoisotopic (exact) mass is 407 g/mol. The van der Waals surface area contributed by atoms with Crippen molar-refractivity contribution in [1.29, 1.82) is 0 Å². The molecule has 3 heterocycles. The Labute approximate surface area is 181 Å². The number of fused-ring (bicyclic) bond motifs is 3. The lowest BCUT2D eigenvalue weighted by molar-refractivity contribution is -0.972. The highest BCUT2D eigenvalue weighted by Crippen LogP contribution is 2.42. The summed E-state index contributed by atoms with van der Waals surface area (Å²) in [5.74, 6) is 0.501. The Hall–Kier alpha value is -2.33. The molecule has 3 aliphatic rings. The van der Waals surface area contributed by atoms with Crippen molar-refractivity contribution in [1.82, 2.24) is 0 Å². The van der Waals surface area contributed by atoms with Crippen molar-refractivity contribution in [3.63, 3.8) is 0 Å². The Bertz CT molecular complexity index is 815. The number of carbonyl (C=O) groups is 1. The van der Waals surface area contributed by atoms with Gasteiger partial charge in [0.2, 0.25) is 0 Å². The molecule has 0 radical (unpaired) electrons. The summed E-state index contributed by atoms with van der Waals surface area (Å²) in [6.45, 7) is 8.51. The number of hydrogen-bond donors (Lipinski definition) is 0. The van der Waals surface area contributed by atoms with Crippen LogP contribution in [0.2, 0.25) is 0 Å². The number of para-hydroxylation sites is 1. The van der Waals surface area contributed by atoms with Gasteiger partial charge >= 0.3 is 6.09 Å². The zero-order valence-corrected chi connectivity index (χ0v) is 18.4. The molecule has 4 nitrogen and oxygen atoms in total. The molecule has 0 N–H and O–H groups in total. The Balaban J connectivity index is 1.49. The smallest absolute Gasteiger partial charge is 0.414 e. The number of hydrogen-bond acceptors (Lipinski definition) is 2. The summed E-state index contributed by atoms with van der Waals surface area (Å²) in [6, 6.07) is 21.2. The number of piperidine rings is 3. The second-order valence-electron chi connectivity index (χ2n) is 9.04. The van der Waals surface area contributed by atoms with E-state index in [1.807, 2.05) is 35.2 Å². The molecular weight excluding hydrogens is 372 g/mol. The van der Waals surface area contributed by atoms with Gasteiger partial charge in [-0.05, 0) is 25.5 Å². The first-order valence-electron chi connectivity index (χ1n) is 11.6. The normalized spacial score (nSPS) is 26.2. The Morgan fingerprint density at radius 3 is 2.33 bits per heavy atom. The summed E-state index contributed by atoms with van der Waals surface area (Å²) < 4.78 is 7.26. The fourth-order valence-electron chi connectivity index (χ4n) is 5.33. The van der Waals surface area contributed by atoms with Crippen LogP contribution in [0.3, 0.4) is 0 Å². The van der Waals surface area contributed by atoms with Crippen LogP contribution < -0.4 is 4.90 Å². The van der Waals surface area contributed by atoms with Crippen molar-refractivity contribution in [3.05, 3.63) is 66.2 Å². The quantitative estimate of drug-likeness (QED) is 0.543. The fraction of sp³-hybridized carbons (Fsp3) is 0.500. The fourth-order valence-corrected chi connectivity index (χ4v) is 5.33. The number of quaternary nitrogens is 1. The lowest BCUT2D eigenvalue weighted by Crippen LogP contribution is -2.65. The van der Waals surface area contributed by atoms with Crippen molar-refractivity contribution in [3.8, 4) is 0 Å². The van der Waals surface area contributed by atoms with E-state index in [4.69, 9.17) is 4.74 Å². The molecule has 3 aliphatic heterocycles. The molecular formula is C26H35N2O2+. The molecule has 3 fully saturated rings. The summed E-state index contributed by atoms with van der Waals surface area (Å²) in [6.07, 6.45) is 4.16. The van der Waals surface area contributed by atoms with Gasteiger partial charge < -0.3 is 9.22 Å². The van der Waals surface area contributed by atoms with Crippen LogP contribution in [-0.2, 0) is 4.74 Å². The Kier molecular flexibility index (Phi) is 6.43. The summed E-state index contributed by atoms with van der Waals surface area (Å²) in [7, 11) is 0. The largest absolute Gasteiger partial charge is 0.440 e. The Morgan fingerprint density at radius 1 is 1.07 bits per heavy atom. The predicted octanol–water partition coefficient (Wildman–Crippen LogP) is 5.80. The van der Waals surface area contributed by atoms with E-state index in [-0.39, 0.29) is 12.2 Å². The first-order chi connectivity index (χ1) is 14.6. The number of amides is 1. The maximum Gasteiger partial charge on any atom is 0.414 e. The third-order valence-corrected chi connectivity index (χ3v) is 7.34. The summed E-state index contributed by atoms with van der Waals surface area (Å²) >= 11 is 0. The van der Waals surface area contributed by atoms with Gasteiger partial charge in [0.25, 0.3) is 0 Å². The highest BCUT2D eigenvalue weighted by molar-refractivity contribution is 5.87. The van der Waals surface area contributed by atoms with Crippen LogP contribution in [0.5, 0.6) is 0 Å². The van der Waals surface area contributed by atoms with Gasteiger partial charge in [-0.3, -0.25) is 4.90 Å². The highest BCUT2D eigenvalue weighted by atomic mass is 16.6. The number of rotatable bonds is 7. The Morgan fingerprint density at radius 2 is 1.70 bits per heavy atom. The zero-order valence-electron chi connectivity index (χ0n) is 18.4. The molecule has 2 atom stereocenters. The molecule has 3 saturated heterocycles. The molecule has 2 bridgehead atoms. The lowest BCUT2D eigenvalue weighted by atomic mass is 9.81. The van der Waals surface area contributed by atoms with E-state index < -0.39 is 0 Å². The molecule has 0 aromatic heterocycles. The zero-order chi connectivity index (χ0) is 21.0. The van der Waals surface area contributed by atoms with Crippen LogP contribution in [0, 0.1) is 5.92 Å². The van der Waals surface area contributed by atoms with Crippen LogP contribution in [0.15, 0.2) is 60.7 Å². The van der Waals surface area contributed by atoms with Crippen LogP contribution in [0.1, 0.15) is 51.1 Å². The van der Waals surface area contributed by atoms with E-state index in [9.17, 15) is 4.79 Å². The van der Waals surface area contributed by atoms with Crippen LogP contribution in [-0.4, -0.2) is 42.9 Å². The minimum absolute atomic E-state index is 0.0130. The molecule has 160 valence electrons. The molecule has 1 amide bonds. The molecule has 2 aromatic rings. The third-order valence-electron chi connectivity index (χ3n) is 7.34. The van der Waals surface area contributed by atoms with Gasteiger partial charge in [-0.15, -0.1) is 0 Å². The third kappa shape index (κ3) is 4.24. The second kappa shape index (κ2) is 9.22. The standard InChI is InChI=1S/C26H35N2O2/c1-3-4-17-27(24-13-9-6-10-14-24)26(29)30-25-20-28(18-15-23(25)16-19-28)21(2)22-11-7-5-8-12-22/h5-14,21,23,25H,3-4,15-20H2,1-2H3/q+1/t21?,23?,25-,28?/m0/s1. The first-order valence-corrected chi connectivity index (χ1v) is 11.6. The van der Waals surface area contributed by atoms with Gasteiger partial charge in [0.05, 0.1) is 13.1 Å². The second-order valence-corrected chi connectivity index (χ2v) is 9.04. The minimum Gasteiger partial charge on any atom is -0.440 e.